The van der Waals surface area contributed by atoms with E-state index in [4.69, 9.17) is 25.8 Å². The Morgan fingerprint density at radius 2 is 1.64 bits per heavy atom. The van der Waals surface area contributed by atoms with Gasteiger partial charge in [0.2, 0.25) is 0 Å². The fraction of sp³-hybridized carbons (Fsp3) is 0.267. The average molecular weight is 504 g/mol. The number of nitrogens with zero attached hydrogens (tertiary/aromatic N) is 1. The lowest BCUT2D eigenvalue weighted by Gasteiger charge is -2.21. The van der Waals surface area contributed by atoms with Gasteiger partial charge in [0.1, 0.15) is 30.5 Å². The molecule has 36 heavy (non-hydrogen) atoms. The van der Waals surface area contributed by atoms with Gasteiger partial charge in [0.15, 0.2) is 11.9 Å². The number of pyridine rings is 1. The normalized spacial score (nSPS) is 11.9. The number of para-hydroxylation sites is 1. The van der Waals surface area contributed by atoms with Crippen molar-refractivity contribution in [2.45, 2.75) is 46.5 Å². The zero-order valence-electron chi connectivity index (χ0n) is 20.7. The Kier molecular flexibility index (Phi) is 8.44. The molecule has 0 bridgehead atoms. The molecular weight excluding hydrogens is 474 g/mol. The first-order chi connectivity index (χ1) is 17.4. The second-order valence-electron chi connectivity index (χ2n) is 9.15. The van der Waals surface area contributed by atoms with Gasteiger partial charge in [-0.2, -0.15) is 0 Å². The predicted octanol–water partition coefficient (Wildman–Crippen LogP) is 7.43. The molecule has 4 rings (SSSR count). The summed E-state index contributed by atoms with van der Waals surface area (Å²) in [5.41, 5.74) is 2.56. The lowest BCUT2D eigenvalue weighted by Crippen LogP contribution is -2.27. The molecule has 1 unspecified atom stereocenters. The number of hydrogen-bond donors (Lipinski definition) is 0. The van der Waals surface area contributed by atoms with Crippen LogP contribution in [0.4, 0.5) is 0 Å². The summed E-state index contributed by atoms with van der Waals surface area (Å²) < 4.78 is 18.1. The number of benzene rings is 3. The van der Waals surface area contributed by atoms with Crippen molar-refractivity contribution in [3.05, 3.63) is 95.1 Å². The molecule has 1 heterocycles. The summed E-state index contributed by atoms with van der Waals surface area (Å²) in [6.45, 7) is 6.27. The number of carbonyl (C=O) groups is 1. The fourth-order valence-electron chi connectivity index (χ4n) is 3.82. The Labute approximate surface area is 217 Å². The summed E-state index contributed by atoms with van der Waals surface area (Å²) in [4.78, 5) is 16.8. The van der Waals surface area contributed by atoms with Crippen LogP contribution in [0.25, 0.3) is 10.9 Å². The van der Waals surface area contributed by atoms with E-state index in [1.807, 2.05) is 60.7 Å². The summed E-state index contributed by atoms with van der Waals surface area (Å²) in [6.07, 6.45) is 0.134. The maximum atomic E-state index is 12.1. The van der Waals surface area contributed by atoms with Crippen LogP contribution in [0.15, 0.2) is 78.9 Å². The number of ketones is 1. The molecule has 0 saturated carbocycles. The molecule has 1 aromatic heterocycles. The molecule has 0 N–H and O–H groups in total. The Morgan fingerprint density at radius 3 is 2.39 bits per heavy atom. The van der Waals surface area contributed by atoms with Crippen LogP contribution in [-0.2, 0) is 18.0 Å². The molecule has 186 valence electrons. The molecule has 0 aliphatic carbocycles. The van der Waals surface area contributed by atoms with E-state index in [1.165, 1.54) is 0 Å². The Bertz CT molecular complexity index is 1340. The van der Waals surface area contributed by atoms with E-state index in [0.29, 0.717) is 41.2 Å². The topological polar surface area (TPSA) is 57.7 Å². The third-order valence-electron chi connectivity index (χ3n) is 5.67. The summed E-state index contributed by atoms with van der Waals surface area (Å²) in [6, 6.07) is 24.8. The Hall–Kier alpha value is -3.57. The molecule has 4 aromatic rings. The van der Waals surface area contributed by atoms with E-state index in [-0.39, 0.29) is 12.4 Å². The van der Waals surface area contributed by atoms with E-state index in [0.717, 1.165) is 22.2 Å². The summed E-state index contributed by atoms with van der Waals surface area (Å²) in [7, 11) is 0. The number of halogens is 1. The predicted molar refractivity (Wildman–Crippen MR) is 143 cm³/mol. The van der Waals surface area contributed by atoms with Crippen LogP contribution in [0.1, 0.15) is 38.4 Å². The first-order valence-electron chi connectivity index (χ1n) is 12.0. The van der Waals surface area contributed by atoms with Crippen molar-refractivity contribution >= 4 is 28.3 Å². The second kappa shape index (κ2) is 11.9. The highest BCUT2D eigenvalue weighted by Gasteiger charge is 2.19. The monoisotopic (exact) mass is 503 g/mol. The first kappa shape index (κ1) is 25.5. The van der Waals surface area contributed by atoms with E-state index in [2.05, 4.69) is 18.8 Å². The molecule has 0 fully saturated rings. The molecule has 5 nitrogen and oxygen atoms in total. The minimum Gasteiger partial charge on any atom is -0.489 e. The van der Waals surface area contributed by atoms with Crippen molar-refractivity contribution in [2.75, 3.05) is 0 Å². The van der Waals surface area contributed by atoms with Crippen LogP contribution in [0, 0.1) is 5.92 Å². The van der Waals surface area contributed by atoms with Crippen molar-refractivity contribution in [2.24, 2.45) is 5.92 Å². The fourth-order valence-corrected chi connectivity index (χ4v) is 4.01. The Balaban J connectivity index is 1.41. The SMILES string of the molecule is CC(=O)C(CC(C)C)Oc1ccc(Cl)cc1COc1cccc(OCc2ccc3ccccc3n2)c1. The van der Waals surface area contributed by atoms with Crippen LogP contribution in [-0.4, -0.2) is 16.9 Å². The lowest BCUT2D eigenvalue weighted by atomic mass is 10.0. The molecule has 1 atom stereocenters. The van der Waals surface area contributed by atoms with Crippen molar-refractivity contribution < 1.29 is 19.0 Å². The lowest BCUT2D eigenvalue weighted by molar-refractivity contribution is -0.124. The van der Waals surface area contributed by atoms with Crippen LogP contribution in [0.3, 0.4) is 0 Å². The van der Waals surface area contributed by atoms with Gasteiger partial charge in [0.25, 0.3) is 0 Å². The van der Waals surface area contributed by atoms with Gasteiger partial charge in [-0.1, -0.05) is 55.8 Å². The molecule has 0 radical (unpaired) electrons. The molecule has 6 heteroatoms. The van der Waals surface area contributed by atoms with Crippen LogP contribution in [0.5, 0.6) is 17.2 Å². The Morgan fingerprint density at radius 1 is 0.889 bits per heavy atom. The zero-order valence-corrected chi connectivity index (χ0v) is 21.5. The molecule has 0 aliphatic rings. The second-order valence-corrected chi connectivity index (χ2v) is 9.58. The molecule has 3 aromatic carbocycles. The highest BCUT2D eigenvalue weighted by Crippen LogP contribution is 2.28. The van der Waals surface area contributed by atoms with Gasteiger partial charge >= 0.3 is 0 Å². The maximum absolute atomic E-state index is 12.1. The summed E-state index contributed by atoms with van der Waals surface area (Å²) in [5, 5.41) is 1.67. The van der Waals surface area contributed by atoms with Crippen LogP contribution in [0.2, 0.25) is 5.02 Å². The number of carbonyl (C=O) groups excluding carboxylic acids is 1. The highest BCUT2D eigenvalue weighted by atomic mass is 35.5. The van der Waals surface area contributed by atoms with Crippen molar-refractivity contribution in [3.8, 4) is 17.2 Å². The number of rotatable bonds is 11. The van der Waals surface area contributed by atoms with Gasteiger partial charge in [0.05, 0.1) is 11.2 Å². The first-order valence-corrected chi connectivity index (χ1v) is 12.4. The number of fused-ring (bicyclic) bond motifs is 1. The third-order valence-corrected chi connectivity index (χ3v) is 5.91. The van der Waals surface area contributed by atoms with Gasteiger partial charge in [0, 0.05) is 22.0 Å². The largest absolute Gasteiger partial charge is 0.489 e. The number of aromatic nitrogens is 1. The van der Waals surface area contributed by atoms with Gasteiger partial charge in [-0.05, 0) is 61.7 Å². The van der Waals surface area contributed by atoms with E-state index < -0.39 is 6.10 Å². The summed E-state index contributed by atoms with van der Waals surface area (Å²) >= 11 is 6.24. The smallest absolute Gasteiger partial charge is 0.170 e. The minimum absolute atomic E-state index is 0.00345. The van der Waals surface area contributed by atoms with E-state index in [9.17, 15) is 4.79 Å². The van der Waals surface area contributed by atoms with Gasteiger partial charge in [-0.25, -0.2) is 4.98 Å². The number of hydrogen-bond acceptors (Lipinski definition) is 5. The summed E-state index contributed by atoms with van der Waals surface area (Å²) in [5.74, 6) is 2.25. The minimum atomic E-state index is -0.509. The molecule has 0 aliphatic heterocycles. The van der Waals surface area contributed by atoms with Gasteiger partial charge < -0.3 is 14.2 Å². The van der Waals surface area contributed by atoms with Crippen LogP contribution < -0.4 is 14.2 Å². The van der Waals surface area contributed by atoms with E-state index >= 15 is 0 Å². The van der Waals surface area contributed by atoms with Crippen molar-refractivity contribution in [1.29, 1.82) is 0 Å². The van der Waals surface area contributed by atoms with Crippen LogP contribution >= 0.6 is 11.6 Å². The maximum Gasteiger partial charge on any atom is 0.170 e. The zero-order chi connectivity index (χ0) is 25.5. The third kappa shape index (κ3) is 6.98. The number of Topliss-reactive ketones (excluding diaryl/α,β-unsaturated/α-hetero) is 1. The van der Waals surface area contributed by atoms with E-state index in [1.54, 1.807) is 25.1 Å². The highest BCUT2D eigenvalue weighted by molar-refractivity contribution is 6.30. The molecule has 0 saturated heterocycles. The van der Waals surface area contributed by atoms with Gasteiger partial charge in [-0.15, -0.1) is 0 Å². The van der Waals surface area contributed by atoms with Crippen molar-refractivity contribution in [3.63, 3.8) is 0 Å². The molecule has 0 spiro atoms. The standard InChI is InChI=1S/C30H30ClNO4/c1-20(2)15-30(21(3)33)36-29-14-12-24(31)16-23(29)18-34-26-8-6-9-27(17-26)35-19-25-13-11-22-7-4-5-10-28(22)32-25/h4-14,16-17,20,30H,15,18-19H2,1-3H3. The average Bonchev–Trinajstić information content (AvgIpc) is 2.87. The number of ether oxygens (including phenoxy) is 3. The van der Waals surface area contributed by atoms with Crippen molar-refractivity contribution in [1.82, 2.24) is 4.98 Å². The molecular formula is C30H30ClNO4. The quantitative estimate of drug-likeness (QED) is 0.213. The molecule has 0 amide bonds. The van der Waals surface area contributed by atoms with Gasteiger partial charge in [-0.3, -0.25) is 4.79 Å².